The van der Waals surface area contributed by atoms with Gasteiger partial charge >= 0.3 is 0 Å². The lowest BCUT2D eigenvalue weighted by Crippen LogP contribution is -2.25. The largest absolute Gasteiger partial charge is 0.485 e. The van der Waals surface area contributed by atoms with Crippen LogP contribution in [0.4, 0.5) is 0 Å². The molecule has 0 saturated carbocycles. The number of hydrogen-bond donors (Lipinski definition) is 1. The minimum atomic E-state index is -0.251. The first-order valence-corrected chi connectivity index (χ1v) is 9.61. The van der Waals surface area contributed by atoms with Gasteiger partial charge in [-0.3, -0.25) is 19.7 Å². The van der Waals surface area contributed by atoms with Gasteiger partial charge in [0.05, 0.1) is 0 Å². The minimum Gasteiger partial charge on any atom is -0.485 e. The zero-order valence-corrected chi connectivity index (χ0v) is 17.0. The standard InChI is InChI=1S/C23H20N4O4/c1-15-12-20(16(2)27(15)26-22(29)17-6-4-3-5-7-17)21(28)13-30-19-10-8-18(9-11-19)23-25-24-14-31-23/h3-12,14H,13H2,1-2H3,(H,26,29). The first kappa shape index (κ1) is 20.1. The van der Waals surface area contributed by atoms with Crippen LogP contribution >= 0.6 is 0 Å². The molecule has 4 rings (SSSR count). The first-order chi connectivity index (χ1) is 15.0. The molecule has 156 valence electrons. The lowest BCUT2D eigenvalue weighted by Gasteiger charge is -2.12. The van der Waals surface area contributed by atoms with Gasteiger partial charge in [0.1, 0.15) is 5.75 Å². The molecule has 2 aromatic heterocycles. The number of carbonyl (C=O) groups is 2. The van der Waals surface area contributed by atoms with Gasteiger partial charge in [-0.15, -0.1) is 10.2 Å². The molecule has 0 aliphatic carbocycles. The van der Waals surface area contributed by atoms with E-state index in [4.69, 9.17) is 9.15 Å². The predicted molar refractivity (Wildman–Crippen MR) is 114 cm³/mol. The van der Waals surface area contributed by atoms with Crippen LogP contribution in [0.5, 0.6) is 5.75 Å². The van der Waals surface area contributed by atoms with Gasteiger partial charge in [-0.2, -0.15) is 0 Å². The molecule has 8 heteroatoms. The maximum Gasteiger partial charge on any atom is 0.270 e. The Morgan fingerprint density at radius 1 is 1.06 bits per heavy atom. The maximum atomic E-state index is 12.7. The molecule has 1 N–H and O–H groups in total. The number of nitrogens with one attached hydrogen (secondary N) is 1. The van der Waals surface area contributed by atoms with Crippen molar-refractivity contribution in [1.82, 2.24) is 14.9 Å². The number of Topliss-reactive ketones (excluding diaryl/α,β-unsaturated/α-hetero) is 1. The second-order valence-corrected chi connectivity index (χ2v) is 6.91. The molecule has 1 amide bonds. The van der Waals surface area contributed by atoms with Gasteiger partial charge in [0.2, 0.25) is 18.1 Å². The highest BCUT2D eigenvalue weighted by Crippen LogP contribution is 2.21. The van der Waals surface area contributed by atoms with Crippen LogP contribution in [-0.2, 0) is 0 Å². The molecule has 4 aromatic rings. The van der Waals surface area contributed by atoms with Crippen LogP contribution in [0.25, 0.3) is 11.5 Å². The van der Waals surface area contributed by atoms with Gasteiger partial charge in [-0.1, -0.05) is 18.2 Å². The number of ketones is 1. The summed E-state index contributed by atoms with van der Waals surface area (Å²) in [5.41, 5.74) is 6.00. The average Bonchev–Trinajstić information content (AvgIpc) is 3.43. The number of hydrogen-bond acceptors (Lipinski definition) is 6. The third-order valence-electron chi connectivity index (χ3n) is 4.81. The van der Waals surface area contributed by atoms with Crippen molar-refractivity contribution in [2.24, 2.45) is 0 Å². The van der Waals surface area contributed by atoms with E-state index in [2.05, 4.69) is 15.6 Å². The van der Waals surface area contributed by atoms with Crippen molar-refractivity contribution >= 4 is 11.7 Å². The summed E-state index contributed by atoms with van der Waals surface area (Å²) in [5.74, 6) is 0.517. The SMILES string of the molecule is Cc1cc(C(=O)COc2ccc(-c3nnco3)cc2)c(C)n1NC(=O)c1ccccc1. The Kier molecular flexibility index (Phi) is 5.61. The molecule has 0 aliphatic heterocycles. The number of carbonyl (C=O) groups excluding carboxylic acids is 2. The van der Waals surface area contributed by atoms with Crippen LogP contribution in [0.15, 0.2) is 71.5 Å². The van der Waals surface area contributed by atoms with E-state index in [1.54, 1.807) is 66.2 Å². The average molecular weight is 416 g/mol. The molecule has 2 heterocycles. The fourth-order valence-corrected chi connectivity index (χ4v) is 3.19. The van der Waals surface area contributed by atoms with Crippen LogP contribution in [0.3, 0.4) is 0 Å². The van der Waals surface area contributed by atoms with E-state index in [1.807, 2.05) is 13.0 Å². The smallest absolute Gasteiger partial charge is 0.270 e. The van der Waals surface area contributed by atoms with Gasteiger partial charge in [-0.05, 0) is 56.3 Å². The van der Waals surface area contributed by atoms with Gasteiger partial charge < -0.3 is 9.15 Å². The van der Waals surface area contributed by atoms with Crippen molar-refractivity contribution in [3.8, 4) is 17.2 Å². The Balaban J connectivity index is 1.42. The Bertz CT molecular complexity index is 1200. The van der Waals surface area contributed by atoms with Crippen molar-refractivity contribution in [1.29, 1.82) is 0 Å². The maximum absolute atomic E-state index is 12.7. The number of amides is 1. The molecule has 0 radical (unpaired) electrons. The number of rotatable bonds is 7. The van der Waals surface area contributed by atoms with Crippen LogP contribution in [0.1, 0.15) is 32.1 Å². The number of aryl methyl sites for hydroxylation is 1. The highest BCUT2D eigenvalue weighted by atomic mass is 16.5. The van der Waals surface area contributed by atoms with E-state index in [9.17, 15) is 9.59 Å². The van der Waals surface area contributed by atoms with Crippen LogP contribution in [0, 0.1) is 13.8 Å². The Labute approximate surface area is 178 Å². The number of aromatic nitrogens is 3. The molecule has 0 bridgehead atoms. The van der Waals surface area contributed by atoms with Gasteiger partial charge in [-0.25, -0.2) is 0 Å². The van der Waals surface area contributed by atoms with Crippen molar-refractivity contribution in [3.05, 3.63) is 89.6 Å². The summed E-state index contributed by atoms with van der Waals surface area (Å²) in [5, 5.41) is 7.49. The van der Waals surface area contributed by atoms with E-state index in [0.29, 0.717) is 28.5 Å². The molecule has 0 saturated heterocycles. The number of benzene rings is 2. The summed E-state index contributed by atoms with van der Waals surface area (Å²) in [4.78, 5) is 25.2. The fraction of sp³-hybridized carbons (Fsp3) is 0.130. The van der Waals surface area contributed by atoms with Crippen LogP contribution in [0.2, 0.25) is 0 Å². The summed E-state index contributed by atoms with van der Waals surface area (Å²) in [7, 11) is 0. The summed E-state index contributed by atoms with van der Waals surface area (Å²) in [6, 6.07) is 17.7. The number of ether oxygens (including phenoxy) is 1. The van der Waals surface area contributed by atoms with E-state index in [-0.39, 0.29) is 18.3 Å². The van der Waals surface area contributed by atoms with Crippen LogP contribution in [-0.4, -0.2) is 33.2 Å². The Hall–Kier alpha value is -4.20. The van der Waals surface area contributed by atoms with Crippen molar-refractivity contribution in [3.63, 3.8) is 0 Å². The predicted octanol–water partition coefficient (Wildman–Crippen LogP) is 3.80. The molecule has 0 fully saturated rings. The molecule has 0 atom stereocenters. The van der Waals surface area contributed by atoms with Gasteiger partial charge in [0, 0.05) is 28.1 Å². The number of nitrogens with zero attached hydrogens (tertiary/aromatic N) is 3. The molecule has 0 spiro atoms. The highest BCUT2D eigenvalue weighted by Gasteiger charge is 2.18. The fourth-order valence-electron chi connectivity index (χ4n) is 3.19. The third kappa shape index (κ3) is 4.37. The van der Waals surface area contributed by atoms with Crippen molar-refractivity contribution in [2.75, 3.05) is 12.0 Å². The molecular weight excluding hydrogens is 396 g/mol. The molecule has 0 unspecified atom stereocenters. The normalized spacial score (nSPS) is 10.6. The van der Waals surface area contributed by atoms with E-state index < -0.39 is 0 Å². The highest BCUT2D eigenvalue weighted by molar-refractivity contribution is 6.01. The summed E-state index contributed by atoms with van der Waals surface area (Å²) in [6.07, 6.45) is 1.26. The van der Waals surface area contributed by atoms with Gasteiger partial charge in [0.15, 0.2) is 6.61 Å². The minimum absolute atomic E-state index is 0.128. The van der Waals surface area contributed by atoms with E-state index in [1.165, 1.54) is 6.39 Å². The Morgan fingerprint density at radius 2 is 1.81 bits per heavy atom. The van der Waals surface area contributed by atoms with E-state index >= 15 is 0 Å². The summed E-state index contributed by atoms with van der Waals surface area (Å²) >= 11 is 0. The molecule has 0 aliphatic rings. The zero-order chi connectivity index (χ0) is 21.8. The topological polar surface area (TPSA) is 99.2 Å². The summed E-state index contributed by atoms with van der Waals surface area (Å²) < 4.78 is 12.4. The monoisotopic (exact) mass is 416 g/mol. The second kappa shape index (κ2) is 8.66. The zero-order valence-electron chi connectivity index (χ0n) is 17.0. The quantitative estimate of drug-likeness (QED) is 0.460. The van der Waals surface area contributed by atoms with Crippen molar-refractivity contribution in [2.45, 2.75) is 13.8 Å². The molecule has 2 aromatic carbocycles. The lowest BCUT2D eigenvalue weighted by molar-refractivity contribution is 0.0919. The van der Waals surface area contributed by atoms with E-state index in [0.717, 1.165) is 11.3 Å². The second-order valence-electron chi connectivity index (χ2n) is 6.91. The third-order valence-corrected chi connectivity index (χ3v) is 4.81. The van der Waals surface area contributed by atoms with Gasteiger partial charge in [0.25, 0.3) is 5.91 Å². The Morgan fingerprint density at radius 3 is 2.48 bits per heavy atom. The lowest BCUT2D eigenvalue weighted by atomic mass is 10.1. The first-order valence-electron chi connectivity index (χ1n) is 9.61. The molecular formula is C23H20N4O4. The van der Waals surface area contributed by atoms with Crippen molar-refractivity contribution < 1.29 is 18.7 Å². The molecule has 31 heavy (non-hydrogen) atoms. The molecule has 8 nitrogen and oxygen atoms in total. The van der Waals surface area contributed by atoms with Crippen LogP contribution < -0.4 is 10.2 Å². The summed E-state index contributed by atoms with van der Waals surface area (Å²) in [6.45, 7) is 3.48.